The number of hydrogen-bond acceptors (Lipinski definition) is 6. The predicted molar refractivity (Wildman–Crippen MR) is 117 cm³/mol. The summed E-state index contributed by atoms with van der Waals surface area (Å²) in [7, 11) is -1.66. The first-order valence-electron chi connectivity index (χ1n) is 10.7. The van der Waals surface area contributed by atoms with Crippen molar-refractivity contribution in [2.45, 2.75) is 59.2 Å². The van der Waals surface area contributed by atoms with E-state index in [0.29, 0.717) is 72.0 Å². The predicted octanol–water partition coefficient (Wildman–Crippen LogP) is 4.14. The summed E-state index contributed by atoms with van der Waals surface area (Å²) >= 11 is 0. The lowest BCUT2D eigenvalue weighted by molar-refractivity contribution is -0.0148. The standard InChI is InChI=1S/C21H46O6Si/c1-8-20(2)19-26-16-15-24-12-11-22-9-10-23-13-14-25-17-18-27-28(6,7)21(3,4)5/h20H,8-19H2,1-7H3. The van der Waals surface area contributed by atoms with Gasteiger partial charge < -0.3 is 28.1 Å². The molecule has 0 saturated heterocycles. The molecule has 0 saturated carbocycles. The third kappa shape index (κ3) is 15.8. The van der Waals surface area contributed by atoms with Gasteiger partial charge in [-0.15, -0.1) is 0 Å². The van der Waals surface area contributed by atoms with E-state index in [2.05, 4.69) is 47.7 Å². The molecular formula is C21H46O6Si. The van der Waals surface area contributed by atoms with Gasteiger partial charge in [-0.05, 0) is 24.1 Å². The van der Waals surface area contributed by atoms with Crippen LogP contribution in [0.1, 0.15) is 41.0 Å². The maximum Gasteiger partial charge on any atom is 0.192 e. The van der Waals surface area contributed by atoms with Gasteiger partial charge in [-0.25, -0.2) is 0 Å². The zero-order valence-electron chi connectivity index (χ0n) is 19.5. The molecule has 1 unspecified atom stereocenters. The highest BCUT2D eigenvalue weighted by Gasteiger charge is 2.36. The lowest BCUT2D eigenvalue weighted by Crippen LogP contribution is -2.41. The summed E-state index contributed by atoms with van der Waals surface area (Å²) in [5, 5.41) is 0.238. The molecule has 0 rings (SSSR count). The minimum atomic E-state index is -1.66. The Bertz CT molecular complexity index is 346. The van der Waals surface area contributed by atoms with Crippen molar-refractivity contribution in [1.82, 2.24) is 0 Å². The smallest absolute Gasteiger partial charge is 0.192 e. The topological polar surface area (TPSA) is 55.4 Å². The second-order valence-corrected chi connectivity index (χ2v) is 13.5. The monoisotopic (exact) mass is 422 g/mol. The van der Waals surface area contributed by atoms with Gasteiger partial charge in [0.25, 0.3) is 0 Å². The summed E-state index contributed by atoms with van der Waals surface area (Å²) < 4.78 is 33.5. The van der Waals surface area contributed by atoms with E-state index in [4.69, 9.17) is 28.1 Å². The molecule has 0 radical (unpaired) electrons. The van der Waals surface area contributed by atoms with Crippen LogP contribution >= 0.6 is 0 Å². The van der Waals surface area contributed by atoms with Crippen LogP contribution in [0.25, 0.3) is 0 Å². The molecule has 6 nitrogen and oxygen atoms in total. The van der Waals surface area contributed by atoms with Crippen molar-refractivity contribution < 1.29 is 28.1 Å². The highest BCUT2D eigenvalue weighted by Crippen LogP contribution is 2.36. The van der Waals surface area contributed by atoms with E-state index < -0.39 is 8.32 Å². The van der Waals surface area contributed by atoms with Crippen LogP contribution in [0.2, 0.25) is 18.1 Å². The first-order chi connectivity index (χ1) is 13.2. The average Bonchev–Trinajstić information content (AvgIpc) is 2.62. The van der Waals surface area contributed by atoms with Gasteiger partial charge in [0.05, 0.1) is 66.1 Å². The van der Waals surface area contributed by atoms with Crippen molar-refractivity contribution in [2.75, 3.05) is 72.7 Å². The van der Waals surface area contributed by atoms with Crippen LogP contribution in [0.3, 0.4) is 0 Å². The molecule has 0 N–H and O–H groups in total. The zero-order chi connectivity index (χ0) is 21.3. The average molecular weight is 423 g/mol. The van der Waals surface area contributed by atoms with Gasteiger partial charge in [-0.3, -0.25) is 0 Å². The third-order valence-electron chi connectivity index (χ3n) is 5.08. The van der Waals surface area contributed by atoms with E-state index in [1.165, 1.54) is 0 Å². The van der Waals surface area contributed by atoms with Crippen LogP contribution in [0.4, 0.5) is 0 Å². The number of ether oxygens (including phenoxy) is 5. The van der Waals surface area contributed by atoms with Gasteiger partial charge >= 0.3 is 0 Å². The van der Waals surface area contributed by atoms with Gasteiger partial charge in [-0.1, -0.05) is 41.0 Å². The summed E-state index contributed by atoms with van der Waals surface area (Å²) in [5.74, 6) is 0.615. The molecule has 170 valence electrons. The number of rotatable bonds is 19. The van der Waals surface area contributed by atoms with Gasteiger partial charge in [0.1, 0.15) is 0 Å². The normalized spacial score (nSPS) is 13.8. The molecule has 7 heteroatoms. The van der Waals surface area contributed by atoms with E-state index in [1.54, 1.807) is 0 Å². The number of hydrogen-bond donors (Lipinski definition) is 0. The molecule has 28 heavy (non-hydrogen) atoms. The minimum absolute atomic E-state index is 0.238. The molecule has 0 aromatic carbocycles. The summed E-state index contributed by atoms with van der Waals surface area (Å²) in [5.41, 5.74) is 0. The largest absolute Gasteiger partial charge is 0.414 e. The van der Waals surface area contributed by atoms with Crippen LogP contribution < -0.4 is 0 Å². The van der Waals surface area contributed by atoms with Crippen LogP contribution in [0.15, 0.2) is 0 Å². The maximum absolute atomic E-state index is 6.06. The molecular weight excluding hydrogens is 376 g/mol. The fourth-order valence-corrected chi connectivity index (χ4v) is 2.88. The summed E-state index contributed by atoms with van der Waals surface area (Å²) in [6, 6.07) is 0. The Kier molecular flexibility index (Phi) is 16.7. The molecule has 0 aliphatic rings. The highest BCUT2D eigenvalue weighted by molar-refractivity contribution is 6.74. The van der Waals surface area contributed by atoms with Crippen molar-refractivity contribution in [2.24, 2.45) is 5.92 Å². The van der Waals surface area contributed by atoms with E-state index >= 15 is 0 Å². The van der Waals surface area contributed by atoms with Crippen LogP contribution in [0.5, 0.6) is 0 Å². The highest BCUT2D eigenvalue weighted by atomic mass is 28.4. The lowest BCUT2D eigenvalue weighted by Gasteiger charge is -2.36. The second kappa shape index (κ2) is 16.7. The molecule has 0 bridgehead atoms. The fourth-order valence-electron chi connectivity index (χ4n) is 1.85. The Labute approximate surface area is 174 Å². The molecule has 0 spiro atoms. The van der Waals surface area contributed by atoms with Crippen molar-refractivity contribution in [3.8, 4) is 0 Å². The molecule has 0 aliphatic heterocycles. The molecule has 0 heterocycles. The van der Waals surface area contributed by atoms with Crippen LogP contribution in [0, 0.1) is 5.92 Å². The first kappa shape index (κ1) is 28.0. The van der Waals surface area contributed by atoms with Gasteiger partial charge in [0.15, 0.2) is 8.32 Å². The molecule has 0 fully saturated rings. The van der Waals surface area contributed by atoms with Crippen molar-refractivity contribution in [3.63, 3.8) is 0 Å². The van der Waals surface area contributed by atoms with Crippen LogP contribution in [-0.4, -0.2) is 81.0 Å². The minimum Gasteiger partial charge on any atom is -0.414 e. The van der Waals surface area contributed by atoms with Crippen molar-refractivity contribution in [3.05, 3.63) is 0 Å². The van der Waals surface area contributed by atoms with Gasteiger partial charge in [0, 0.05) is 6.61 Å². The molecule has 0 aromatic rings. The van der Waals surface area contributed by atoms with Crippen molar-refractivity contribution in [1.29, 1.82) is 0 Å². The maximum atomic E-state index is 6.06. The van der Waals surface area contributed by atoms with Gasteiger partial charge in [0.2, 0.25) is 0 Å². The quantitative estimate of drug-likeness (QED) is 0.230. The summed E-state index contributed by atoms with van der Waals surface area (Å²) in [6.07, 6.45) is 1.15. The molecule has 0 aromatic heterocycles. The second-order valence-electron chi connectivity index (χ2n) is 8.65. The fraction of sp³-hybridized carbons (Fsp3) is 1.00. The van der Waals surface area contributed by atoms with E-state index in [9.17, 15) is 0 Å². The van der Waals surface area contributed by atoms with E-state index in [-0.39, 0.29) is 5.04 Å². The molecule has 0 amide bonds. The van der Waals surface area contributed by atoms with Crippen molar-refractivity contribution >= 4 is 8.32 Å². The Morgan fingerprint density at radius 1 is 0.643 bits per heavy atom. The van der Waals surface area contributed by atoms with E-state index in [1.807, 2.05) is 0 Å². The summed E-state index contributed by atoms with van der Waals surface area (Å²) in [6.45, 7) is 22.4. The van der Waals surface area contributed by atoms with Crippen LogP contribution in [-0.2, 0) is 28.1 Å². The zero-order valence-corrected chi connectivity index (χ0v) is 20.5. The van der Waals surface area contributed by atoms with E-state index in [0.717, 1.165) is 13.0 Å². The first-order valence-corrected chi connectivity index (χ1v) is 13.6. The third-order valence-corrected chi connectivity index (χ3v) is 9.62. The lowest BCUT2D eigenvalue weighted by atomic mass is 10.1. The van der Waals surface area contributed by atoms with Gasteiger partial charge in [-0.2, -0.15) is 0 Å². The molecule has 1 atom stereocenters. The SMILES string of the molecule is CCC(C)COCCOCCOCCOCCOCCO[Si](C)(C)C(C)(C)C. The Hall–Kier alpha value is -0.0231. The summed E-state index contributed by atoms with van der Waals surface area (Å²) in [4.78, 5) is 0. The molecule has 0 aliphatic carbocycles. The Morgan fingerprint density at radius 2 is 1.00 bits per heavy atom. The Balaban J connectivity index is 3.22. The Morgan fingerprint density at radius 3 is 1.36 bits per heavy atom.